The fourth-order valence-corrected chi connectivity index (χ4v) is 9.36. The average molecular weight is 816 g/mol. The second-order valence-corrected chi connectivity index (χ2v) is 15.2. The molecule has 0 spiro atoms. The van der Waals surface area contributed by atoms with Gasteiger partial charge < -0.3 is 14.9 Å². The van der Waals surface area contributed by atoms with Gasteiger partial charge in [-0.3, -0.25) is 34.3 Å². The quantitative estimate of drug-likeness (QED) is 0.107. The number of likely N-dealkylation sites (tertiary alicyclic amines) is 1. The summed E-state index contributed by atoms with van der Waals surface area (Å²) in [6.07, 6.45) is -1.21. The van der Waals surface area contributed by atoms with Crippen molar-refractivity contribution in [1.29, 1.82) is 0 Å². The number of phenols is 1. The van der Waals surface area contributed by atoms with Crippen molar-refractivity contribution in [3.63, 3.8) is 0 Å². The Bertz CT molecular complexity index is 2170. The number of benzene rings is 2. The second kappa shape index (κ2) is 14.7. The van der Waals surface area contributed by atoms with Crippen LogP contribution in [0.15, 0.2) is 66.4 Å². The van der Waals surface area contributed by atoms with E-state index in [-0.39, 0.29) is 43.0 Å². The number of amides is 4. The van der Waals surface area contributed by atoms with Crippen molar-refractivity contribution in [2.45, 2.75) is 56.0 Å². The molecule has 17 heteroatoms. The Hall–Kier alpha value is -5.15. The number of anilines is 1. The van der Waals surface area contributed by atoms with E-state index in [9.17, 15) is 37.5 Å². The van der Waals surface area contributed by atoms with E-state index in [1.807, 2.05) is 0 Å². The summed E-state index contributed by atoms with van der Waals surface area (Å²) in [5.41, 5.74) is 0.705. The third-order valence-corrected chi connectivity index (χ3v) is 12.0. The molecule has 2 aliphatic heterocycles. The maximum absolute atomic E-state index is 15.3. The molecule has 3 N–H and O–H groups in total. The Labute approximate surface area is 328 Å². The number of hydrogen-bond donors (Lipinski definition) is 3. The molecule has 3 aromatic rings. The Balaban J connectivity index is 1.36. The lowest BCUT2D eigenvalue weighted by Gasteiger charge is -2.50. The van der Waals surface area contributed by atoms with E-state index in [2.05, 4.69) is 10.4 Å². The minimum atomic E-state index is -4.77. The van der Waals surface area contributed by atoms with E-state index < -0.39 is 81.3 Å². The number of fused-ring (bicyclic) bond motifs is 4. The molecule has 1 aromatic heterocycles. The fraction of sp³-hybridized carbons (Fsp3) is 0.385. The number of aromatic hydroxyl groups is 1. The van der Waals surface area contributed by atoms with Crippen molar-refractivity contribution >= 4 is 58.6 Å². The van der Waals surface area contributed by atoms with Gasteiger partial charge in [0.1, 0.15) is 11.5 Å². The Morgan fingerprint density at radius 3 is 2.38 bits per heavy atom. The molecule has 0 radical (unpaired) electrons. The molecular weight excluding hydrogens is 780 g/mol. The zero-order valence-electron chi connectivity index (χ0n) is 29.7. The lowest BCUT2D eigenvalue weighted by Crippen LogP contribution is -2.53. The van der Waals surface area contributed by atoms with Gasteiger partial charge in [0.15, 0.2) is 5.82 Å². The molecule has 4 amide bonds. The Kier molecular flexibility index (Phi) is 10.3. The third kappa shape index (κ3) is 6.43. The van der Waals surface area contributed by atoms with Crippen LogP contribution in [-0.4, -0.2) is 68.4 Å². The van der Waals surface area contributed by atoms with Gasteiger partial charge in [0.2, 0.25) is 11.8 Å². The van der Waals surface area contributed by atoms with Crippen LogP contribution in [0.25, 0.3) is 0 Å². The zero-order valence-corrected chi connectivity index (χ0v) is 31.2. The molecule has 294 valence electrons. The van der Waals surface area contributed by atoms with Gasteiger partial charge in [0.05, 0.1) is 40.9 Å². The molecule has 1 saturated carbocycles. The summed E-state index contributed by atoms with van der Waals surface area (Å²) >= 11 is 12.5. The molecule has 3 fully saturated rings. The lowest BCUT2D eigenvalue weighted by molar-refractivity contribution is -0.141. The summed E-state index contributed by atoms with van der Waals surface area (Å²) in [7, 11) is 1.41. The van der Waals surface area contributed by atoms with Crippen molar-refractivity contribution in [2.75, 3.05) is 19.1 Å². The molecule has 2 aromatic carbocycles. The number of carbonyl (C=O) groups excluding carboxylic acids is 4. The smallest absolute Gasteiger partial charge is 0.417 e. The van der Waals surface area contributed by atoms with Crippen molar-refractivity contribution in [3.05, 3.63) is 93.1 Å². The summed E-state index contributed by atoms with van der Waals surface area (Å²) < 4.78 is 45.7. The van der Waals surface area contributed by atoms with E-state index in [1.54, 1.807) is 42.5 Å². The number of rotatable bonds is 11. The number of unbranched alkanes of at least 4 members (excludes halogenated alkanes) is 2. The van der Waals surface area contributed by atoms with Crippen LogP contribution in [0.1, 0.15) is 61.1 Å². The number of nitrogens with zero attached hydrogens (tertiary/aromatic N) is 3. The molecule has 0 unspecified atom stereocenters. The van der Waals surface area contributed by atoms with Gasteiger partial charge >= 0.3 is 12.1 Å². The van der Waals surface area contributed by atoms with E-state index in [0.717, 1.165) is 0 Å². The van der Waals surface area contributed by atoms with E-state index in [4.69, 9.17) is 33.0 Å². The van der Waals surface area contributed by atoms with Crippen LogP contribution in [0.5, 0.6) is 11.5 Å². The molecule has 3 heterocycles. The largest absolute Gasteiger partial charge is 0.508 e. The summed E-state index contributed by atoms with van der Waals surface area (Å²) in [6, 6.07) is 11.4. The highest BCUT2D eigenvalue weighted by Crippen LogP contribution is 2.65. The minimum absolute atomic E-state index is 0.0430. The number of methoxy groups -OCH3 is 1. The maximum atomic E-state index is 15.3. The van der Waals surface area contributed by atoms with Gasteiger partial charge in [-0.05, 0) is 61.4 Å². The van der Waals surface area contributed by atoms with Crippen LogP contribution in [0.4, 0.5) is 19.0 Å². The number of hydrazine groups is 1. The highest BCUT2D eigenvalue weighted by Gasteiger charge is 2.70. The number of ether oxygens (including phenoxy) is 1. The number of nitrogens with one attached hydrogen (secondary N) is 1. The number of aromatic nitrogens is 1. The standard InChI is InChI=1S/C39H35Cl2F3N4O8/c1-56-22-10-11-24(29(49)16-22)32-23-12-13-25-31(36(54)47(34(25)52)14-4-2-3-5-30(50)51)26(23)17-27-35(53)48(37(55)38(27,32)19-6-8-21(40)9-7-19)46-33-28(41)15-20(18-45-33)39(42,43)44/h6-12,15-16,18,25-27,31-32,49H,2-5,13-14,17H2,1H3,(H,45,46)(H,50,51)/t25-,26+,27-,31-,32+,38+/m0/s1. The van der Waals surface area contributed by atoms with Gasteiger partial charge in [-0.15, -0.1) is 0 Å². The highest BCUT2D eigenvalue weighted by atomic mass is 35.5. The molecule has 7 rings (SSSR count). The first-order valence-electron chi connectivity index (χ1n) is 17.9. The molecular formula is C39H35Cl2F3N4O8. The van der Waals surface area contributed by atoms with Crippen LogP contribution in [0, 0.1) is 23.7 Å². The van der Waals surface area contributed by atoms with Crippen LogP contribution in [0.2, 0.25) is 10.0 Å². The van der Waals surface area contributed by atoms with Crippen molar-refractivity contribution in [2.24, 2.45) is 23.7 Å². The number of carboxylic acid groups (broad SMARTS) is 1. The molecule has 4 aliphatic rings. The summed E-state index contributed by atoms with van der Waals surface area (Å²) in [6.45, 7) is 0.0865. The summed E-state index contributed by atoms with van der Waals surface area (Å²) in [4.78, 5) is 74.1. The number of hydrogen-bond acceptors (Lipinski definition) is 9. The number of halogens is 5. The first-order valence-corrected chi connectivity index (χ1v) is 18.6. The van der Waals surface area contributed by atoms with Crippen LogP contribution < -0.4 is 10.2 Å². The maximum Gasteiger partial charge on any atom is 0.417 e. The molecule has 2 aliphatic carbocycles. The van der Waals surface area contributed by atoms with Gasteiger partial charge in [-0.1, -0.05) is 59.5 Å². The summed E-state index contributed by atoms with van der Waals surface area (Å²) in [5.74, 6) is -8.59. The topological polar surface area (TPSA) is 166 Å². The number of phenolic OH excluding ortho intramolecular Hbond substituents is 1. The van der Waals surface area contributed by atoms with E-state index in [0.29, 0.717) is 58.4 Å². The van der Waals surface area contributed by atoms with Crippen LogP contribution in [-0.2, 0) is 35.6 Å². The number of aliphatic carboxylic acids is 1. The molecule has 2 saturated heterocycles. The first kappa shape index (κ1) is 39.1. The fourth-order valence-electron chi connectivity index (χ4n) is 9.03. The second-order valence-electron chi connectivity index (χ2n) is 14.4. The number of allylic oxidation sites excluding steroid dienone is 2. The zero-order chi connectivity index (χ0) is 40.3. The highest BCUT2D eigenvalue weighted by molar-refractivity contribution is 6.33. The van der Waals surface area contributed by atoms with Gasteiger partial charge in [-0.2, -0.15) is 18.2 Å². The Morgan fingerprint density at radius 2 is 1.73 bits per heavy atom. The van der Waals surface area contributed by atoms with Crippen molar-refractivity contribution in [1.82, 2.24) is 14.9 Å². The normalized spacial score (nSPS) is 25.8. The summed E-state index contributed by atoms with van der Waals surface area (Å²) in [5, 5.41) is 21.1. The molecule has 12 nitrogen and oxygen atoms in total. The van der Waals surface area contributed by atoms with Gasteiger partial charge in [0, 0.05) is 41.7 Å². The lowest BCUT2D eigenvalue weighted by atomic mass is 9.49. The monoisotopic (exact) mass is 814 g/mol. The molecule has 0 bridgehead atoms. The van der Waals surface area contributed by atoms with Crippen LogP contribution in [0.3, 0.4) is 0 Å². The number of carbonyl (C=O) groups is 5. The number of alkyl halides is 3. The number of pyridine rings is 1. The SMILES string of the molecule is COc1ccc([C@H]2C3=CC[C@@H]4C(=O)N(CCCCCC(=O)O)C(=O)[C@@H]4[C@@H]3C[C@H]3C(=O)N(Nc4ncc(C(F)(F)F)cc4Cl)C(=O)[C@@]23c2ccc(Cl)cc2)c(O)c1. The van der Waals surface area contributed by atoms with E-state index >= 15 is 4.79 Å². The van der Waals surface area contributed by atoms with E-state index in [1.165, 1.54) is 18.1 Å². The first-order chi connectivity index (χ1) is 26.6. The minimum Gasteiger partial charge on any atom is -0.508 e. The van der Waals surface area contributed by atoms with Crippen LogP contribution >= 0.6 is 23.2 Å². The molecule has 56 heavy (non-hydrogen) atoms. The average Bonchev–Trinajstić information content (AvgIpc) is 3.52. The van der Waals surface area contributed by atoms with Crippen molar-refractivity contribution < 1.29 is 52.1 Å². The van der Waals surface area contributed by atoms with Gasteiger partial charge in [-0.25, -0.2) is 4.98 Å². The van der Waals surface area contributed by atoms with Gasteiger partial charge in [0.25, 0.3) is 11.8 Å². The Morgan fingerprint density at radius 1 is 1.00 bits per heavy atom. The predicted octanol–water partition coefficient (Wildman–Crippen LogP) is 6.75. The third-order valence-electron chi connectivity index (χ3n) is 11.5. The van der Waals surface area contributed by atoms with Crippen molar-refractivity contribution in [3.8, 4) is 11.5 Å². The molecule has 6 atom stereocenters. The number of imide groups is 2. The number of carboxylic acids is 1. The predicted molar refractivity (Wildman–Crippen MR) is 194 cm³/mol.